The molecule has 74 valence electrons. The van der Waals surface area contributed by atoms with Crippen LogP contribution in [0.5, 0.6) is 5.75 Å². The number of nitriles is 1. The van der Waals surface area contributed by atoms with Crippen LogP contribution in [-0.2, 0) is 0 Å². The van der Waals surface area contributed by atoms with E-state index in [2.05, 4.69) is 0 Å². The van der Waals surface area contributed by atoms with Crippen LogP contribution in [0.4, 0.5) is 0 Å². The molecule has 1 atom stereocenters. The van der Waals surface area contributed by atoms with Crippen molar-refractivity contribution in [2.24, 2.45) is 0 Å². The number of hydrogen-bond acceptors (Lipinski definition) is 3. The summed E-state index contributed by atoms with van der Waals surface area (Å²) in [6, 6.07) is 9.44. The van der Waals surface area contributed by atoms with Gasteiger partial charge in [-0.25, -0.2) is 0 Å². The molecule has 0 radical (unpaired) electrons. The molecule has 3 nitrogen and oxygen atoms in total. The second-order valence-corrected chi connectivity index (χ2v) is 3.14. The van der Waals surface area contributed by atoms with Crippen molar-refractivity contribution in [2.75, 3.05) is 6.61 Å². The third-order valence-electron chi connectivity index (χ3n) is 1.79. The smallest absolute Gasteiger partial charge is 0.119 e. The largest absolute Gasteiger partial charge is 0.491 e. The summed E-state index contributed by atoms with van der Waals surface area (Å²) in [7, 11) is 0. The zero-order valence-electron chi connectivity index (χ0n) is 8.10. The molecule has 1 N–H and O–H groups in total. The van der Waals surface area contributed by atoms with E-state index in [4.69, 9.17) is 10.00 Å². The first-order chi connectivity index (χ1) is 6.72. The van der Waals surface area contributed by atoms with Gasteiger partial charge in [-0.15, -0.1) is 0 Å². The fourth-order valence-corrected chi connectivity index (χ4v) is 0.991. The average molecular weight is 191 g/mol. The Bertz CT molecular complexity index is 313. The lowest BCUT2D eigenvalue weighted by Crippen LogP contribution is -2.16. The van der Waals surface area contributed by atoms with Gasteiger partial charge < -0.3 is 9.84 Å². The summed E-state index contributed by atoms with van der Waals surface area (Å²) < 4.78 is 5.27. The summed E-state index contributed by atoms with van der Waals surface area (Å²) in [5.41, 5.74) is 1.16. The van der Waals surface area contributed by atoms with Crippen molar-refractivity contribution in [3.05, 3.63) is 29.8 Å². The van der Waals surface area contributed by atoms with Gasteiger partial charge in [-0.2, -0.15) is 5.26 Å². The Labute approximate surface area is 83.6 Å². The highest BCUT2D eigenvalue weighted by Crippen LogP contribution is 2.11. The zero-order valence-corrected chi connectivity index (χ0v) is 8.10. The van der Waals surface area contributed by atoms with Gasteiger partial charge in [0.2, 0.25) is 0 Å². The molecule has 0 aromatic heterocycles. The summed E-state index contributed by atoms with van der Waals surface area (Å²) in [4.78, 5) is 0. The monoisotopic (exact) mass is 191 g/mol. The fourth-order valence-electron chi connectivity index (χ4n) is 0.991. The van der Waals surface area contributed by atoms with Crippen LogP contribution in [-0.4, -0.2) is 17.8 Å². The van der Waals surface area contributed by atoms with E-state index in [0.29, 0.717) is 5.75 Å². The van der Waals surface area contributed by atoms with Crippen molar-refractivity contribution in [1.82, 2.24) is 0 Å². The maximum Gasteiger partial charge on any atom is 0.119 e. The molecule has 0 fully saturated rings. The van der Waals surface area contributed by atoms with Crippen LogP contribution in [0, 0.1) is 18.3 Å². The number of aliphatic hydroxyl groups is 1. The van der Waals surface area contributed by atoms with Crippen LogP contribution in [0.3, 0.4) is 0 Å². The summed E-state index contributed by atoms with van der Waals surface area (Å²) in [6.45, 7) is 2.16. The van der Waals surface area contributed by atoms with Crippen LogP contribution in [0.25, 0.3) is 0 Å². The van der Waals surface area contributed by atoms with E-state index in [1.165, 1.54) is 0 Å². The standard InChI is InChI=1S/C11H13NO2/c1-9-2-4-11(5-3-9)14-8-10(13)6-7-12/h2-5,10,13H,6,8H2,1H3. The Balaban J connectivity index is 2.39. The summed E-state index contributed by atoms with van der Waals surface area (Å²) >= 11 is 0. The third kappa shape index (κ3) is 3.46. The Hall–Kier alpha value is -1.53. The van der Waals surface area contributed by atoms with Gasteiger partial charge >= 0.3 is 0 Å². The molecule has 0 saturated heterocycles. The first-order valence-corrected chi connectivity index (χ1v) is 4.47. The Kier molecular flexibility index (Phi) is 3.96. The molecule has 0 saturated carbocycles. The van der Waals surface area contributed by atoms with E-state index < -0.39 is 6.10 Å². The quantitative estimate of drug-likeness (QED) is 0.787. The highest BCUT2D eigenvalue weighted by atomic mass is 16.5. The second-order valence-electron chi connectivity index (χ2n) is 3.14. The van der Waals surface area contributed by atoms with Gasteiger partial charge in [0.15, 0.2) is 0 Å². The van der Waals surface area contributed by atoms with Crippen LogP contribution in [0.1, 0.15) is 12.0 Å². The normalized spacial score (nSPS) is 11.8. The first kappa shape index (κ1) is 10.6. The molecule has 0 bridgehead atoms. The topological polar surface area (TPSA) is 53.2 Å². The second kappa shape index (κ2) is 5.25. The predicted molar refractivity (Wildman–Crippen MR) is 52.9 cm³/mol. The van der Waals surface area contributed by atoms with Crippen molar-refractivity contribution in [2.45, 2.75) is 19.4 Å². The summed E-state index contributed by atoms with van der Waals surface area (Å²) in [5, 5.41) is 17.5. The van der Waals surface area contributed by atoms with Crippen LogP contribution in [0.2, 0.25) is 0 Å². The lowest BCUT2D eigenvalue weighted by atomic mass is 10.2. The Morgan fingerprint density at radius 3 is 2.64 bits per heavy atom. The molecule has 1 rings (SSSR count). The number of benzene rings is 1. The van der Waals surface area contributed by atoms with E-state index in [9.17, 15) is 5.11 Å². The van der Waals surface area contributed by atoms with Crippen molar-refractivity contribution < 1.29 is 9.84 Å². The molecule has 0 spiro atoms. The number of hydrogen-bond donors (Lipinski definition) is 1. The number of aryl methyl sites for hydroxylation is 1. The zero-order chi connectivity index (χ0) is 10.4. The number of aliphatic hydroxyl groups excluding tert-OH is 1. The van der Waals surface area contributed by atoms with Gasteiger partial charge in [-0.05, 0) is 19.1 Å². The summed E-state index contributed by atoms with van der Waals surface area (Å²) in [5.74, 6) is 0.715. The molecule has 0 amide bonds. The van der Waals surface area contributed by atoms with Crippen molar-refractivity contribution >= 4 is 0 Å². The third-order valence-corrected chi connectivity index (χ3v) is 1.79. The molecule has 0 aliphatic carbocycles. The first-order valence-electron chi connectivity index (χ1n) is 4.47. The summed E-state index contributed by atoms with van der Waals surface area (Å²) in [6.07, 6.45) is -0.604. The maximum atomic E-state index is 9.22. The van der Waals surface area contributed by atoms with E-state index in [0.717, 1.165) is 5.56 Å². The molecule has 3 heteroatoms. The Morgan fingerprint density at radius 2 is 2.07 bits per heavy atom. The van der Waals surface area contributed by atoms with Crippen molar-refractivity contribution in [1.29, 1.82) is 5.26 Å². The molecule has 0 aliphatic heterocycles. The number of ether oxygens (including phenoxy) is 1. The average Bonchev–Trinajstić information content (AvgIpc) is 2.17. The van der Waals surface area contributed by atoms with E-state index >= 15 is 0 Å². The minimum absolute atomic E-state index is 0.103. The van der Waals surface area contributed by atoms with Crippen molar-refractivity contribution in [3.63, 3.8) is 0 Å². The van der Waals surface area contributed by atoms with Crippen LogP contribution < -0.4 is 4.74 Å². The lowest BCUT2D eigenvalue weighted by molar-refractivity contribution is 0.111. The molecule has 1 aromatic rings. The van der Waals surface area contributed by atoms with Gasteiger partial charge in [-0.1, -0.05) is 17.7 Å². The predicted octanol–water partition coefficient (Wildman–Crippen LogP) is 1.65. The molecule has 0 heterocycles. The highest BCUT2D eigenvalue weighted by Gasteiger charge is 2.03. The van der Waals surface area contributed by atoms with Gasteiger partial charge in [0.1, 0.15) is 18.5 Å². The number of nitrogens with zero attached hydrogens (tertiary/aromatic N) is 1. The van der Waals surface area contributed by atoms with E-state index in [-0.39, 0.29) is 13.0 Å². The highest BCUT2D eigenvalue weighted by molar-refractivity contribution is 5.26. The minimum atomic E-state index is -0.707. The van der Waals surface area contributed by atoms with E-state index in [1.807, 2.05) is 37.3 Å². The van der Waals surface area contributed by atoms with Gasteiger partial charge in [0, 0.05) is 0 Å². The van der Waals surface area contributed by atoms with Crippen molar-refractivity contribution in [3.8, 4) is 11.8 Å². The number of rotatable bonds is 4. The Morgan fingerprint density at radius 1 is 1.43 bits per heavy atom. The van der Waals surface area contributed by atoms with Crippen LogP contribution >= 0.6 is 0 Å². The van der Waals surface area contributed by atoms with Crippen LogP contribution in [0.15, 0.2) is 24.3 Å². The molecule has 1 aromatic carbocycles. The molecule has 14 heavy (non-hydrogen) atoms. The lowest BCUT2D eigenvalue weighted by Gasteiger charge is -2.09. The van der Waals surface area contributed by atoms with Gasteiger partial charge in [0.25, 0.3) is 0 Å². The fraction of sp³-hybridized carbons (Fsp3) is 0.364. The van der Waals surface area contributed by atoms with E-state index in [1.54, 1.807) is 0 Å². The van der Waals surface area contributed by atoms with Gasteiger partial charge in [-0.3, -0.25) is 0 Å². The molecular formula is C11H13NO2. The molecule has 0 aliphatic rings. The minimum Gasteiger partial charge on any atom is -0.491 e. The maximum absolute atomic E-state index is 9.22. The van der Waals surface area contributed by atoms with Gasteiger partial charge in [0.05, 0.1) is 12.5 Å². The molecular weight excluding hydrogens is 178 g/mol. The SMILES string of the molecule is Cc1ccc(OCC(O)CC#N)cc1. The molecule has 1 unspecified atom stereocenters.